The first-order chi connectivity index (χ1) is 2.27. The Labute approximate surface area is 102 Å². The second-order valence-corrected chi connectivity index (χ2v) is 1.06. The summed E-state index contributed by atoms with van der Waals surface area (Å²) in [5.74, 6) is 0.255. The molecule has 0 amide bonds. The summed E-state index contributed by atoms with van der Waals surface area (Å²) in [4.78, 5) is 9.81. The van der Waals surface area contributed by atoms with Crippen molar-refractivity contribution in [1.82, 2.24) is 0 Å². The molecule has 0 fully saturated rings. The summed E-state index contributed by atoms with van der Waals surface area (Å²) in [6, 6.07) is 0. The Hall–Kier alpha value is 1.54. The van der Waals surface area contributed by atoms with Crippen LogP contribution in [0, 0.1) is 0 Å². The molecular formula is C4H8Cl4OTi. The van der Waals surface area contributed by atoms with E-state index in [1.54, 1.807) is 6.92 Å². The summed E-state index contributed by atoms with van der Waals surface area (Å²) < 4.78 is 0. The van der Waals surface area contributed by atoms with Crippen molar-refractivity contribution in [2.75, 3.05) is 0 Å². The zero-order chi connectivity index (χ0) is 4.28. The monoisotopic (exact) mass is 260 g/mol. The number of hydrogen-bond acceptors (Lipinski definition) is 1. The van der Waals surface area contributed by atoms with Gasteiger partial charge < -0.3 is 54.4 Å². The van der Waals surface area contributed by atoms with Crippen LogP contribution in [0.25, 0.3) is 0 Å². The maximum atomic E-state index is 9.81. The van der Waals surface area contributed by atoms with Gasteiger partial charge in [0, 0.05) is 6.42 Å². The van der Waals surface area contributed by atoms with Crippen LogP contribution in [0.3, 0.4) is 0 Å². The van der Waals surface area contributed by atoms with Gasteiger partial charge in [-0.25, -0.2) is 0 Å². The van der Waals surface area contributed by atoms with E-state index in [-0.39, 0.29) is 77.1 Å². The van der Waals surface area contributed by atoms with Crippen LogP contribution in [0.2, 0.25) is 0 Å². The van der Waals surface area contributed by atoms with E-state index in [1.807, 2.05) is 6.92 Å². The number of hydrogen-bond donors (Lipinski definition) is 0. The van der Waals surface area contributed by atoms with Crippen molar-refractivity contribution in [2.45, 2.75) is 20.3 Å². The second kappa shape index (κ2) is 31.2. The maximum absolute atomic E-state index is 9.81. The van der Waals surface area contributed by atoms with Gasteiger partial charge in [-0.15, -0.1) is 0 Å². The molecule has 0 aliphatic heterocycles. The first-order valence-corrected chi connectivity index (χ1v) is 1.76. The Kier molecular flexibility index (Phi) is 130. The van der Waals surface area contributed by atoms with Crippen molar-refractivity contribution >= 4 is 5.78 Å². The van der Waals surface area contributed by atoms with Crippen molar-refractivity contribution in [3.63, 3.8) is 0 Å². The van der Waals surface area contributed by atoms with Crippen LogP contribution in [0.5, 0.6) is 0 Å². The minimum Gasteiger partial charge on any atom is -1.00 e. The number of carbonyl (C=O) groups excluding carboxylic acids is 1. The molecule has 0 saturated heterocycles. The van der Waals surface area contributed by atoms with E-state index in [0.717, 1.165) is 0 Å². The average Bonchev–Trinajstić information content (AvgIpc) is 1.38. The minimum atomic E-state index is 0. The third kappa shape index (κ3) is 55.5. The van der Waals surface area contributed by atoms with E-state index in [2.05, 4.69) is 0 Å². The van der Waals surface area contributed by atoms with Gasteiger partial charge >= 0.3 is 21.7 Å². The summed E-state index contributed by atoms with van der Waals surface area (Å²) in [5, 5.41) is 0. The van der Waals surface area contributed by atoms with Gasteiger partial charge in [-0.1, -0.05) is 6.92 Å². The van der Waals surface area contributed by atoms with Crippen LogP contribution < -0.4 is 49.6 Å². The molecule has 1 nitrogen and oxygen atoms in total. The molecule has 0 rings (SSSR count). The quantitative estimate of drug-likeness (QED) is 0.429. The van der Waals surface area contributed by atoms with Crippen LogP contribution in [-0.4, -0.2) is 5.78 Å². The number of carbonyl (C=O) groups is 1. The van der Waals surface area contributed by atoms with Crippen molar-refractivity contribution < 1.29 is 76.1 Å². The van der Waals surface area contributed by atoms with Crippen molar-refractivity contribution in [1.29, 1.82) is 0 Å². The predicted molar refractivity (Wildman–Crippen MR) is 21.0 cm³/mol. The molecule has 0 N–H and O–H groups in total. The first kappa shape index (κ1) is 41.8. The summed E-state index contributed by atoms with van der Waals surface area (Å²) >= 11 is 0. The van der Waals surface area contributed by atoms with Gasteiger partial charge in [0.25, 0.3) is 0 Å². The normalized spacial score (nSPS) is 3.80. The zero-order valence-corrected chi connectivity index (χ0v) is 10.2. The minimum absolute atomic E-state index is 0. The molecule has 0 aliphatic carbocycles. The van der Waals surface area contributed by atoms with Gasteiger partial charge in [-0.2, -0.15) is 0 Å². The fourth-order valence-corrected chi connectivity index (χ4v) is 0. The summed E-state index contributed by atoms with van der Waals surface area (Å²) in [5.41, 5.74) is 0. The number of halogens is 4. The fourth-order valence-electron chi connectivity index (χ4n) is 0. The van der Waals surface area contributed by atoms with Gasteiger partial charge in [-0.05, 0) is 6.92 Å². The number of Topliss-reactive ketones (excluding diaryl/α,β-unsaturated/α-hetero) is 1. The Balaban J connectivity index is -0.00000000800. The SMILES string of the molecule is CCC(C)=O.[Cl-].[Cl-].[Cl-].[Cl-].[Ti+4]. The second-order valence-electron chi connectivity index (χ2n) is 1.06. The van der Waals surface area contributed by atoms with E-state index in [0.29, 0.717) is 6.42 Å². The molecule has 0 spiro atoms. The molecule has 0 radical (unpaired) electrons. The molecule has 0 aromatic rings. The van der Waals surface area contributed by atoms with Crippen LogP contribution >= 0.6 is 0 Å². The van der Waals surface area contributed by atoms with Crippen LogP contribution in [0.4, 0.5) is 0 Å². The van der Waals surface area contributed by atoms with Gasteiger partial charge in [0.15, 0.2) is 0 Å². The average molecular weight is 262 g/mol. The van der Waals surface area contributed by atoms with Gasteiger partial charge in [0.2, 0.25) is 0 Å². The van der Waals surface area contributed by atoms with E-state index in [9.17, 15) is 4.79 Å². The first-order valence-electron chi connectivity index (χ1n) is 1.76. The molecular weight excluding hydrogens is 254 g/mol. The Morgan fingerprint density at radius 3 is 1.20 bits per heavy atom. The Morgan fingerprint density at radius 2 is 1.20 bits per heavy atom. The molecule has 6 heteroatoms. The number of ketones is 1. The van der Waals surface area contributed by atoms with Crippen molar-refractivity contribution in [2.24, 2.45) is 0 Å². The Morgan fingerprint density at radius 1 is 1.10 bits per heavy atom. The van der Waals surface area contributed by atoms with E-state index < -0.39 is 0 Å². The van der Waals surface area contributed by atoms with E-state index in [4.69, 9.17) is 0 Å². The van der Waals surface area contributed by atoms with Crippen molar-refractivity contribution in [3.05, 3.63) is 0 Å². The smallest absolute Gasteiger partial charge is 1.00 e. The van der Waals surface area contributed by atoms with Crippen molar-refractivity contribution in [3.8, 4) is 0 Å². The molecule has 0 unspecified atom stereocenters. The molecule has 0 bridgehead atoms. The molecule has 0 aromatic heterocycles. The zero-order valence-electron chi connectivity index (χ0n) is 5.63. The van der Waals surface area contributed by atoms with Crippen LogP contribution in [0.15, 0.2) is 0 Å². The molecule has 0 aromatic carbocycles. The molecule has 0 saturated carbocycles. The topological polar surface area (TPSA) is 17.1 Å². The fraction of sp³-hybridized carbons (Fsp3) is 0.750. The van der Waals surface area contributed by atoms with Gasteiger partial charge in [0.1, 0.15) is 5.78 Å². The van der Waals surface area contributed by atoms with Gasteiger partial charge in [0.05, 0.1) is 0 Å². The summed E-state index contributed by atoms with van der Waals surface area (Å²) in [6.07, 6.45) is 0.667. The van der Waals surface area contributed by atoms with Gasteiger partial charge in [-0.3, -0.25) is 0 Å². The third-order valence-corrected chi connectivity index (χ3v) is 0.498. The molecule has 0 heterocycles. The standard InChI is InChI=1S/C4H8O.4ClH.Ti/c1-3-4(2)5;;;;;/h3H2,1-2H3;4*1H;/q;;;;;+4/p-4. The third-order valence-electron chi connectivity index (χ3n) is 0.498. The predicted octanol–water partition coefficient (Wildman–Crippen LogP) is -11.0. The maximum Gasteiger partial charge on any atom is 4.00 e. The molecule has 62 valence electrons. The summed E-state index contributed by atoms with van der Waals surface area (Å²) in [7, 11) is 0. The van der Waals surface area contributed by atoms with Crippen LogP contribution in [-0.2, 0) is 26.5 Å². The van der Waals surface area contributed by atoms with E-state index in [1.165, 1.54) is 0 Å². The largest absolute Gasteiger partial charge is 4.00 e. The Bertz CT molecular complexity index is 52.5. The van der Waals surface area contributed by atoms with Crippen LogP contribution in [0.1, 0.15) is 20.3 Å². The number of rotatable bonds is 1. The van der Waals surface area contributed by atoms with E-state index >= 15 is 0 Å². The summed E-state index contributed by atoms with van der Waals surface area (Å²) in [6.45, 7) is 3.43. The molecule has 0 atom stereocenters. The molecule has 0 aliphatic rings. The molecule has 10 heavy (non-hydrogen) atoms.